The molecule has 0 radical (unpaired) electrons. The lowest BCUT2D eigenvalue weighted by molar-refractivity contribution is -0.166. The Hall–Kier alpha value is -5.23. The van der Waals surface area contributed by atoms with Gasteiger partial charge >= 0.3 is 17.9 Å². The fraction of sp³-hybridized carbons (Fsp3) is 0.592. The summed E-state index contributed by atoms with van der Waals surface area (Å²) in [5.74, 6) is -1.02. The molecule has 1 unspecified atom stereocenters. The van der Waals surface area contributed by atoms with E-state index in [-0.39, 0.29) is 31.6 Å². The highest BCUT2D eigenvalue weighted by Crippen LogP contribution is 2.14. The number of allylic oxidation sites excluding steroid dienone is 28. The topological polar surface area (TPSA) is 78.9 Å². The van der Waals surface area contributed by atoms with Crippen molar-refractivity contribution in [2.75, 3.05) is 13.2 Å². The first-order valence-corrected chi connectivity index (χ1v) is 33.1. The van der Waals surface area contributed by atoms with E-state index >= 15 is 0 Å². The Morgan fingerprint density at radius 3 is 0.805 bits per heavy atom. The second-order valence-corrected chi connectivity index (χ2v) is 21.3. The lowest BCUT2D eigenvalue weighted by Crippen LogP contribution is -2.30. The van der Waals surface area contributed by atoms with E-state index in [1.807, 2.05) is 12.2 Å². The molecule has 6 nitrogen and oxygen atoms in total. The molecule has 0 aromatic rings. The van der Waals surface area contributed by atoms with Crippen LogP contribution in [0.4, 0.5) is 0 Å². The Morgan fingerprint density at radius 2 is 0.500 bits per heavy atom. The molecule has 0 aliphatic carbocycles. The zero-order valence-electron chi connectivity index (χ0n) is 52.7. The Balaban J connectivity index is 4.42. The zero-order chi connectivity index (χ0) is 59.2. The lowest BCUT2D eigenvalue weighted by atomic mass is 10.1. The first-order valence-electron chi connectivity index (χ1n) is 33.1. The normalized spacial score (nSPS) is 13.3. The average molecular weight is 1130 g/mol. The third-order valence-electron chi connectivity index (χ3n) is 13.4. The summed E-state index contributed by atoms with van der Waals surface area (Å²) >= 11 is 0. The summed E-state index contributed by atoms with van der Waals surface area (Å²) in [7, 11) is 0. The van der Waals surface area contributed by atoms with E-state index in [0.29, 0.717) is 19.3 Å². The molecule has 6 heteroatoms. The fourth-order valence-corrected chi connectivity index (χ4v) is 8.56. The molecule has 0 aliphatic heterocycles. The Kier molecular flexibility index (Phi) is 63.9. The quantitative estimate of drug-likeness (QED) is 0.0261. The van der Waals surface area contributed by atoms with Gasteiger partial charge in [0, 0.05) is 19.3 Å². The van der Waals surface area contributed by atoms with Gasteiger partial charge in [-0.3, -0.25) is 14.4 Å². The Labute approximate surface area is 504 Å². The third kappa shape index (κ3) is 65.6. The monoisotopic (exact) mass is 1130 g/mol. The fourth-order valence-electron chi connectivity index (χ4n) is 8.56. The van der Waals surface area contributed by atoms with E-state index in [2.05, 4.69) is 179 Å². The van der Waals surface area contributed by atoms with Crippen LogP contribution < -0.4 is 0 Å². The minimum absolute atomic E-state index is 0.121. The van der Waals surface area contributed by atoms with Gasteiger partial charge in [0.15, 0.2) is 6.10 Å². The van der Waals surface area contributed by atoms with Gasteiger partial charge in [0.2, 0.25) is 0 Å². The van der Waals surface area contributed by atoms with E-state index in [1.54, 1.807) is 0 Å². The number of hydrogen-bond acceptors (Lipinski definition) is 6. The van der Waals surface area contributed by atoms with Crippen molar-refractivity contribution >= 4 is 17.9 Å². The highest BCUT2D eigenvalue weighted by Gasteiger charge is 2.19. The molecular formula is C76H120O6. The van der Waals surface area contributed by atoms with Crippen LogP contribution in [0.5, 0.6) is 0 Å². The summed E-state index contributed by atoms with van der Waals surface area (Å²) in [6.07, 6.45) is 101. The first kappa shape index (κ1) is 76.8. The molecular weight excluding hydrogens is 1010 g/mol. The largest absolute Gasteiger partial charge is 0.462 e. The van der Waals surface area contributed by atoms with E-state index in [1.165, 1.54) is 83.5 Å². The van der Waals surface area contributed by atoms with Crippen LogP contribution in [-0.2, 0) is 28.6 Å². The summed E-state index contributed by atoms with van der Waals surface area (Å²) in [5.41, 5.74) is 0. The van der Waals surface area contributed by atoms with Crippen molar-refractivity contribution in [1.29, 1.82) is 0 Å². The number of ether oxygens (including phenoxy) is 3. The van der Waals surface area contributed by atoms with Gasteiger partial charge in [-0.15, -0.1) is 0 Å². The van der Waals surface area contributed by atoms with Gasteiger partial charge in [0.25, 0.3) is 0 Å². The minimum Gasteiger partial charge on any atom is -0.462 e. The number of unbranched alkanes of at least 4 members (excludes halogenated alkanes) is 19. The summed E-state index contributed by atoms with van der Waals surface area (Å²) in [6, 6.07) is 0. The van der Waals surface area contributed by atoms with Crippen LogP contribution in [-0.4, -0.2) is 37.2 Å². The highest BCUT2D eigenvalue weighted by atomic mass is 16.6. The maximum atomic E-state index is 12.9. The molecule has 0 aliphatic rings. The average Bonchev–Trinajstić information content (AvgIpc) is 3.47. The SMILES string of the molecule is CC/C=C\C/C=C\C/C=C\C/C=C\C/C=C\C/C=C\C/C=C\CCCCCCCCCCCC(=O)OCC(COC(=O)CCCCCCC/C=C\CCCCCCC)OC(=O)CC/C=C\C/C=C\C/C=C\C/C=C\C/C=C\C/C=C\CC. The van der Waals surface area contributed by atoms with Crippen LogP contribution in [0, 0.1) is 0 Å². The van der Waals surface area contributed by atoms with Crippen LogP contribution in [0.1, 0.15) is 271 Å². The van der Waals surface area contributed by atoms with E-state index < -0.39 is 12.1 Å². The summed E-state index contributed by atoms with van der Waals surface area (Å²) in [5, 5.41) is 0. The second kappa shape index (κ2) is 68.3. The minimum atomic E-state index is -0.834. The van der Waals surface area contributed by atoms with Crippen molar-refractivity contribution in [3.05, 3.63) is 170 Å². The van der Waals surface area contributed by atoms with Crippen molar-refractivity contribution in [3.8, 4) is 0 Å². The molecule has 0 aromatic heterocycles. The molecule has 0 N–H and O–H groups in total. The van der Waals surface area contributed by atoms with Gasteiger partial charge < -0.3 is 14.2 Å². The number of hydrogen-bond donors (Lipinski definition) is 0. The van der Waals surface area contributed by atoms with Gasteiger partial charge in [-0.2, -0.15) is 0 Å². The molecule has 82 heavy (non-hydrogen) atoms. The van der Waals surface area contributed by atoms with E-state index in [4.69, 9.17) is 14.2 Å². The summed E-state index contributed by atoms with van der Waals surface area (Å²) < 4.78 is 16.8. The van der Waals surface area contributed by atoms with Crippen LogP contribution in [0.15, 0.2) is 170 Å². The van der Waals surface area contributed by atoms with Crippen LogP contribution in [0.3, 0.4) is 0 Å². The number of carbonyl (C=O) groups is 3. The molecule has 0 rings (SSSR count). The molecule has 460 valence electrons. The third-order valence-corrected chi connectivity index (χ3v) is 13.4. The van der Waals surface area contributed by atoms with Crippen molar-refractivity contribution < 1.29 is 28.6 Å². The van der Waals surface area contributed by atoms with Gasteiger partial charge in [-0.25, -0.2) is 0 Å². The smallest absolute Gasteiger partial charge is 0.306 e. The molecule has 0 saturated heterocycles. The van der Waals surface area contributed by atoms with Gasteiger partial charge in [-0.05, 0) is 141 Å². The number of carbonyl (C=O) groups excluding carboxylic acids is 3. The molecule has 0 amide bonds. The molecule has 1 atom stereocenters. The van der Waals surface area contributed by atoms with Crippen LogP contribution in [0.2, 0.25) is 0 Å². The maximum absolute atomic E-state index is 12.9. The molecule has 0 fully saturated rings. The van der Waals surface area contributed by atoms with Crippen molar-refractivity contribution in [1.82, 2.24) is 0 Å². The van der Waals surface area contributed by atoms with Crippen molar-refractivity contribution in [2.24, 2.45) is 0 Å². The molecule has 0 spiro atoms. The Bertz CT molecular complexity index is 1870. The van der Waals surface area contributed by atoms with Crippen molar-refractivity contribution in [3.63, 3.8) is 0 Å². The summed E-state index contributed by atoms with van der Waals surface area (Å²) in [6.45, 7) is 6.33. The Morgan fingerprint density at radius 1 is 0.256 bits per heavy atom. The standard InChI is InChI=1S/C76H120O6/c1-4-7-10-13-16-19-22-25-28-30-32-33-34-35-36-37-38-39-40-41-42-43-45-46-48-51-54-57-60-63-66-69-75(78)81-72-73(71-80-74(77)68-65-62-59-56-53-50-27-24-21-18-15-12-9-6-3)82-76(79)70-67-64-61-58-55-52-49-47-44-31-29-26-23-20-17-14-11-8-5-2/h7-8,10-11,16-17,19-20,24-29,32-33,35-36,38-39,41-42,44,47,52,55,61,64,73H,4-6,9,12-15,18,21-23,30-31,34,37,40,43,45-46,48-51,53-54,56-60,62-63,65-72H2,1-3H3/b10-7-,11-8-,19-16-,20-17-,27-24-,28-25-,29-26-,33-32-,36-35-,39-38-,42-41-,47-44-,55-52-,64-61-. The molecule has 0 saturated carbocycles. The van der Waals surface area contributed by atoms with Gasteiger partial charge in [0.05, 0.1) is 0 Å². The zero-order valence-corrected chi connectivity index (χ0v) is 52.7. The van der Waals surface area contributed by atoms with E-state index in [0.717, 1.165) is 141 Å². The maximum Gasteiger partial charge on any atom is 0.306 e. The van der Waals surface area contributed by atoms with Crippen molar-refractivity contribution in [2.45, 2.75) is 277 Å². The molecule has 0 aromatic carbocycles. The first-order chi connectivity index (χ1) is 40.5. The van der Waals surface area contributed by atoms with Gasteiger partial charge in [-0.1, -0.05) is 281 Å². The number of esters is 3. The highest BCUT2D eigenvalue weighted by molar-refractivity contribution is 5.71. The predicted molar refractivity (Wildman–Crippen MR) is 357 cm³/mol. The summed E-state index contributed by atoms with van der Waals surface area (Å²) in [4.78, 5) is 38.3. The number of rotatable bonds is 58. The molecule has 0 heterocycles. The van der Waals surface area contributed by atoms with Crippen LogP contribution in [0.25, 0.3) is 0 Å². The second-order valence-electron chi connectivity index (χ2n) is 21.3. The molecule has 0 bridgehead atoms. The predicted octanol–water partition coefficient (Wildman–Crippen LogP) is 23.0. The van der Waals surface area contributed by atoms with Crippen LogP contribution >= 0.6 is 0 Å². The van der Waals surface area contributed by atoms with Gasteiger partial charge in [0.1, 0.15) is 13.2 Å². The van der Waals surface area contributed by atoms with E-state index in [9.17, 15) is 14.4 Å². The lowest BCUT2D eigenvalue weighted by Gasteiger charge is -2.18.